The smallest absolute Gasteiger partial charge is 0.150 e. The lowest BCUT2D eigenvalue weighted by Gasteiger charge is -2.04. The van der Waals surface area contributed by atoms with Crippen molar-refractivity contribution in [2.24, 2.45) is 0 Å². The van der Waals surface area contributed by atoms with Gasteiger partial charge in [0.2, 0.25) is 0 Å². The van der Waals surface area contributed by atoms with Gasteiger partial charge < -0.3 is 4.98 Å². The van der Waals surface area contributed by atoms with Crippen molar-refractivity contribution in [1.82, 2.24) is 9.97 Å². The van der Waals surface area contributed by atoms with Crippen molar-refractivity contribution in [2.45, 2.75) is 0 Å². The molecule has 3 rings (SSSR count). The SMILES string of the molecule is O=Cc1ccc(-c2cccc(-c3ncc[nH]3)c2)cc1. The Morgan fingerprint density at radius 2 is 1.74 bits per heavy atom. The molecule has 0 spiro atoms. The maximum absolute atomic E-state index is 10.7. The van der Waals surface area contributed by atoms with Crippen LogP contribution in [-0.4, -0.2) is 16.3 Å². The third-order valence-electron chi connectivity index (χ3n) is 3.01. The zero-order valence-electron chi connectivity index (χ0n) is 10.2. The molecule has 0 radical (unpaired) electrons. The van der Waals surface area contributed by atoms with Crippen molar-refractivity contribution in [3.63, 3.8) is 0 Å². The fraction of sp³-hybridized carbons (Fsp3) is 0. The molecule has 1 aromatic heterocycles. The minimum Gasteiger partial charge on any atom is -0.345 e. The highest BCUT2D eigenvalue weighted by atomic mass is 16.1. The molecule has 0 amide bonds. The van der Waals surface area contributed by atoms with Crippen molar-refractivity contribution < 1.29 is 4.79 Å². The van der Waals surface area contributed by atoms with Gasteiger partial charge in [0.1, 0.15) is 12.1 Å². The van der Waals surface area contributed by atoms with Crippen LogP contribution in [0, 0.1) is 0 Å². The first-order valence-corrected chi connectivity index (χ1v) is 6.02. The normalized spacial score (nSPS) is 10.3. The molecule has 0 atom stereocenters. The number of rotatable bonds is 3. The number of benzene rings is 2. The minimum absolute atomic E-state index is 0.686. The summed E-state index contributed by atoms with van der Waals surface area (Å²) in [5, 5.41) is 0. The molecular weight excluding hydrogens is 236 g/mol. The standard InChI is InChI=1S/C16H12N2O/c19-11-12-4-6-13(7-5-12)14-2-1-3-15(10-14)16-17-8-9-18-16/h1-11H,(H,17,18). The molecule has 0 aliphatic rings. The van der Waals surface area contributed by atoms with E-state index in [-0.39, 0.29) is 0 Å². The van der Waals surface area contributed by atoms with E-state index in [1.54, 1.807) is 12.4 Å². The van der Waals surface area contributed by atoms with Crippen molar-refractivity contribution >= 4 is 6.29 Å². The number of aromatic nitrogens is 2. The molecule has 0 aliphatic heterocycles. The van der Waals surface area contributed by atoms with Crippen LogP contribution in [0.4, 0.5) is 0 Å². The van der Waals surface area contributed by atoms with Crippen LogP contribution in [0.15, 0.2) is 60.9 Å². The van der Waals surface area contributed by atoms with Crippen LogP contribution in [0.3, 0.4) is 0 Å². The molecule has 3 nitrogen and oxygen atoms in total. The van der Waals surface area contributed by atoms with Crippen LogP contribution < -0.4 is 0 Å². The van der Waals surface area contributed by atoms with Crippen molar-refractivity contribution in [2.75, 3.05) is 0 Å². The number of imidazole rings is 1. The molecule has 92 valence electrons. The molecule has 1 N–H and O–H groups in total. The third kappa shape index (κ3) is 2.31. The Labute approximate surface area is 111 Å². The molecule has 3 aromatic rings. The first kappa shape index (κ1) is 11.4. The summed E-state index contributed by atoms with van der Waals surface area (Å²) < 4.78 is 0. The average molecular weight is 248 g/mol. The van der Waals surface area contributed by atoms with Crippen LogP contribution in [0.1, 0.15) is 10.4 Å². The fourth-order valence-electron chi connectivity index (χ4n) is 2.02. The molecule has 0 aliphatic carbocycles. The van der Waals surface area contributed by atoms with Gasteiger partial charge in [-0.25, -0.2) is 4.98 Å². The van der Waals surface area contributed by atoms with Crippen LogP contribution in [0.2, 0.25) is 0 Å². The van der Waals surface area contributed by atoms with Crippen molar-refractivity contribution in [3.8, 4) is 22.5 Å². The van der Waals surface area contributed by atoms with Gasteiger partial charge in [0, 0.05) is 23.5 Å². The summed E-state index contributed by atoms with van der Waals surface area (Å²) in [6.45, 7) is 0. The summed E-state index contributed by atoms with van der Waals surface area (Å²) in [4.78, 5) is 18.0. The first-order valence-electron chi connectivity index (χ1n) is 6.02. The van der Waals surface area contributed by atoms with E-state index < -0.39 is 0 Å². The maximum atomic E-state index is 10.7. The Hall–Kier alpha value is -2.68. The van der Waals surface area contributed by atoms with Crippen LogP contribution in [0.25, 0.3) is 22.5 Å². The van der Waals surface area contributed by atoms with Crippen LogP contribution >= 0.6 is 0 Å². The Balaban J connectivity index is 2.00. The fourth-order valence-corrected chi connectivity index (χ4v) is 2.02. The zero-order valence-corrected chi connectivity index (χ0v) is 10.2. The number of hydrogen-bond donors (Lipinski definition) is 1. The molecule has 0 saturated carbocycles. The number of carbonyl (C=O) groups excluding carboxylic acids is 1. The zero-order chi connectivity index (χ0) is 13.1. The van der Waals surface area contributed by atoms with E-state index in [0.29, 0.717) is 5.56 Å². The molecule has 19 heavy (non-hydrogen) atoms. The van der Waals surface area contributed by atoms with Gasteiger partial charge in [-0.15, -0.1) is 0 Å². The lowest BCUT2D eigenvalue weighted by Crippen LogP contribution is -1.84. The summed E-state index contributed by atoms with van der Waals surface area (Å²) in [6.07, 6.45) is 4.39. The Morgan fingerprint density at radius 3 is 2.42 bits per heavy atom. The first-order chi connectivity index (χ1) is 9.36. The highest BCUT2D eigenvalue weighted by Crippen LogP contribution is 2.24. The van der Waals surface area contributed by atoms with E-state index in [9.17, 15) is 4.79 Å². The van der Waals surface area contributed by atoms with Gasteiger partial charge >= 0.3 is 0 Å². The number of carbonyl (C=O) groups is 1. The van der Waals surface area contributed by atoms with E-state index in [2.05, 4.69) is 16.0 Å². The number of H-pyrrole nitrogens is 1. The summed E-state index contributed by atoms with van der Waals surface area (Å²) in [7, 11) is 0. The van der Waals surface area contributed by atoms with Gasteiger partial charge in [0.05, 0.1) is 0 Å². The highest BCUT2D eigenvalue weighted by molar-refractivity contribution is 5.77. The maximum Gasteiger partial charge on any atom is 0.150 e. The van der Waals surface area contributed by atoms with Gasteiger partial charge in [-0.1, -0.05) is 42.5 Å². The Bertz CT molecular complexity index is 685. The highest BCUT2D eigenvalue weighted by Gasteiger charge is 2.03. The number of hydrogen-bond acceptors (Lipinski definition) is 2. The molecule has 1 heterocycles. The van der Waals surface area contributed by atoms with Gasteiger partial charge in [0.25, 0.3) is 0 Å². The molecule has 3 heteroatoms. The molecule has 2 aromatic carbocycles. The van der Waals surface area contributed by atoms with Gasteiger partial charge in [-0.2, -0.15) is 0 Å². The molecule has 0 bridgehead atoms. The summed E-state index contributed by atoms with van der Waals surface area (Å²) in [6, 6.07) is 15.7. The predicted molar refractivity (Wildman–Crippen MR) is 74.8 cm³/mol. The second-order valence-electron chi connectivity index (χ2n) is 4.26. The average Bonchev–Trinajstić information content (AvgIpc) is 3.02. The Morgan fingerprint density at radius 1 is 0.947 bits per heavy atom. The third-order valence-corrected chi connectivity index (χ3v) is 3.01. The summed E-state index contributed by atoms with van der Waals surface area (Å²) >= 11 is 0. The number of nitrogens with one attached hydrogen (secondary N) is 1. The lowest BCUT2D eigenvalue weighted by molar-refractivity contribution is 0.112. The quantitative estimate of drug-likeness (QED) is 0.720. The monoisotopic (exact) mass is 248 g/mol. The number of aldehydes is 1. The van der Waals surface area contributed by atoms with E-state index >= 15 is 0 Å². The minimum atomic E-state index is 0.686. The molecule has 0 unspecified atom stereocenters. The molecule has 0 fully saturated rings. The van der Waals surface area contributed by atoms with Crippen molar-refractivity contribution in [3.05, 3.63) is 66.5 Å². The predicted octanol–water partition coefficient (Wildman–Crippen LogP) is 3.56. The number of aromatic amines is 1. The summed E-state index contributed by atoms with van der Waals surface area (Å²) in [5.74, 6) is 0.853. The molecule has 0 saturated heterocycles. The van der Waals surface area contributed by atoms with Gasteiger partial charge in [0.15, 0.2) is 0 Å². The topological polar surface area (TPSA) is 45.8 Å². The lowest BCUT2D eigenvalue weighted by atomic mass is 10.0. The second kappa shape index (κ2) is 4.90. The Kier molecular flexibility index (Phi) is 2.94. The van der Waals surface area contributed by atoms with Gasteiger partial charge in [-0.3, -0.25) is 4.79 Å². The van der Waals surface area contributed by atoms with E-state index in [0.717, 1.165) is 28.8 Å². The van der Waals surface area contributed by atoms with E-state index in [1.807, 2.05) is 42.5 Å². The van der Waals surface area contributed by atoms with Crippen LogP contribution in [-0.2, 0) is 0 Å². The van der Waals surface area contributed by atoms with Crippen LogP contribution in [0.5, 0.6) is 0 Å². The number of nitrogens with zero attached hydrogens (tertiary/aromatic N) is 1. The summed E-state index contributed by atoms with van der Waals surface area (Å²) in [5.41, 5.74) is 3.92. The van der Waals surface area contributed by atoms with E-state index in [1.165, 1.54) is 0 Å². The second-order valence-corrected chi connectivity index (χ2v) is 4.26. The van der Waals surface area contributed by atoms with Gasteiger partial charge in [-0.05, 0) is 17.2 Å². The largest absolute Gasteiger partial charge is 0.345 e. The van der Waals surface area contributed by atoms with Crippen molar-refractivity contribution in [1.29, 1.82) is 0 Å². The molecular formula is C16H12N2O. The van der Waals surface area contributed by atoms with E-state index in [4.69, 9.17) is 0 Å².